The Bertz CT molecular complexity index is 917. The summed E-state index contributed by atoms with van der Waals surface area (Å²) in [6.45, 7) is 0. The average molecular weight is 366 g/mol. The van der Waals surface area contributed by atoms with Gasteiger partial charge in [0.2, 0.25) is 0 Å². The third-order valence-electron chi connectivity index (χ3n) is 4.24. The molecular weight excluding hydrogens is 353 g/mol. The zero-order valence-corrected chi connectivity index (χ0v) is 14.3. The van der Waals surface area contributed by atoms with Crippen LogP contribution in [0.5, 0.6) is 0 Å². The number of carbonyl (C=O) groups excluding carboxylic acids is 1. The Kier molecular flexibility index (Phi) is 3.61. The van der Waals surface area contributed by atoms with E-state index in [0.29, 0.717) is 14.9 Å². The van der Waals surface area contributed by atoms with Crippen LogP contribution in [0, 0.1) is 0 Å². The van der Waals surface area contributed by atoms with E-state index in [-0.39, 0.29) is 18.1 Å². The van der Waals surface area contributed by atoms with Crippen LogP contribution in [0.15, 0.2) is 36.5 Å². The number of rotatable bonds is 1. The molecule has 0 unspecified atom stereocenters. The van der Waals surface area contributed by atoms with E-state index in [2.05, 4.69) is 5.32 Å². The minimum Gasteiger partial charge on any atom is -0.332 e. The lowest BCUT2D eigenvalue weighted by Crippen LogP contribution is -2.42. The third kappa shape index (κ3) is 2.35. The molecule has 118 valence electrons. The van der Waals surface area contributed by atoms with E-state index in [1.165, 1.54) is 21.5 Å². The number of fused-ring (bicyclic) bond motifs is 2. The number of carbonyl (C=O) groups is 1. The number of thiophene rings is 1. The van der Waals surface area contributed by atoms with Crippen molar-refractivity contribution in [3.63, 3.8) is 0 Å². The van der Waals surface area contributed by atoms with Gasteiger partial charge in [-0.1, -0.05) is 47.5 Å². The van der Waals surface area contributed by atoms with Crippen LogP contribution in [-0.4, -0.2) is 16.6 Å². The molecular formula is C16H13Cl2N3OS. The Morgan fingerprint density at radius 3 is 2.87 bits per heavy atom. The number of amides is 1. The Morgan fingerprint density at radius 2 is 2.09 bits per heavy atom. The first-order valence-corrected chi connectivity index (χ1v) is 8.72. The molecule has 1 aromatic carbocycles. The van der Waals surface area contributed by atoms with Gasteiger partial charge in [0.1, 0.15) is 4.34 Å². The van der Waals surface area contributed by atoms with E-state index in [1.54, 1.807) is 6.20 Å². The van der Waals surface area contributed by atoms with E-state index >= 15 is 0 Å². The summed E-state index contributed by atoms with van der Waals surface area (Å²) in [7, 11) is 0. The highest BCUT2D eigenvalue weighted by Gasteiger charge is 2.31. The Hall–Kier alpha value is -1.53. The summed E-state index contributed by atoms with van der Waals surface area (Å²) in [5, 5.41) is 3.42. The summed E-state index contributed by atoms with van der Waals surface area (Å²) >= 11 is 13.6. The number of halogens is 2. The smallest absolute Gasteiger partial charge is 0.326 e. The van der Waals surface area contributed by atoms with Crippen LogP contribution in [0.25, 0.3) is 10.2 Å². The molecule has 0 saturated heterocycles. The van der Waals surface area contributed by atoms with Crippen molar-refractivity contribution >= 4 is 50.8 Å². The summed E-state index contributed by atoms with van der Waals surface area (Å²) in [5.41, 5.74) is 9.18. The van der Waals surface area contributed by atoms with Crippen molar-refractivity contribution in [2.24, 2.45) is 5.73 Å². The van der Waals surface area contributed by atoms with Gasteiger partial charge in [0.05, 0.1) is 27.3 Å². The number of hydrogen-bond donors (Lipinski definition) is 2. The summed E-state index contributed by atoms with van der Waals surface area (Å²) in [6.07, 6.45) is 2.43. The molecule has 1 aliphatic rings. The lowest BCUT2D eigenvalue weighted by atomic mass is 10.1. The van der Waals surface area contributed by atoms with Crippen LogP contribution < -0.4 is 11.1 Å². The van der Waals surface area contributed by atoms with Crippen LogP contribution in [0.4, 0.5) is 4.79 Å². The van der Waals surface area contributed by atoms with Gasteiger partial charge in [-0.3, -0.25) is 4.57 Å². The minimum absolute atomic E-state index is 0.134. The molecule has 0 saturated carbocycles. The maximum atomic E-state index is 12.6. The second kappa shape index (κ2) is 5.53. The third-order valence-corrected chi connectivity index (χ3v) is 6.17. The SMILES string of the molecule is N[C@H]1c2ccccc2C[C@@H]1NC(=O)n1ccc2sc(Cl)c(Cl)c21. The van der Waals surface area contributed by atoms with Crippen molar-refractivity contribution in [1.29, 1.82) is 0 Å². The number of aromatic nitrogens is 1. The number of nitrogens with zero attached hydrogens (tertiary/aromatic N) is 1. The van der Waals surface area contributed by atoms with Gasteiger partial charge in [0, 0.05) is 6.20 Å². The molecule has 0 spiro atoms. The number of benzene rings is 1. The number of nitrogens with one attached hydrogen (secondary N) is 1. The molecule has 2 atom stereocenters. The molecule has 23 heavy (non-hydrogen) atoms. The van der Waals surface area contributed by atoms with Crippen molar-refractivity contribution in [3.8, 4) is 0 Å². The van der Waals surface area contributed by atoms with Crippen LogP contribution in [0.2, 0.25) is 9.36 Å². The summed E-state index contributed by atoms with van der Waals surface area (Å²) < 4.78 is 2.87. The molecule has 0 fully saturated rings. The van der Waals surface area contributed by atoms with Gasteiger partial charge in [-0.05, 0) is 23.6 Å². The van der Waals surface area contributed by atoms with Crippen LogP contribution in [-0.2, 0) is 6.42 Å². The van der Waals surface area contributed by atoms with Crippen molar-refractivity contribution in [1.82, 2.24) is 9.88 Å². The summed E-state index contributed by atoms with van der Waals surface area (Å²) in [4.78, 5) is 12.6. The van der Waals surface area contributed by atoms with Gasteiger partial charge in [0.25, 0.3) is 0 Å². The van der Waals surface area contributed by atoms with Crippen LogP contribution in [0.3, 0.4) is 0 Å². The zero-order chi connectivity index (χ0) is 16.1. The van der Waals surface area contributed by atoms with Gasteiger partial charge in [-0.15, -0.1) is 11.3 Å². The fourth-order valence-electron chi connectivity index (χ4n) is 3.11. The molecule has 1 amide bonds. The maximum Gasteiger partial charge on any atom is 0.326 e. The average Bonchev–Trinajstić information content (AvgIpc) is 3.16. The summed E-state index contributed by atoms with van der Waals surface area (Å²) in [5.74, 6) is 0. The van der Waals surface area contributed by atoms with Crippen molar-refractivity contribution < 1.29 is 4.79 Å². The lowest BCUT2D eigenvalue weighted by molar-refractivity contribution is 0.238. The number of nitrogens with two attached hydrogens (primary N) is 1. The molecule has 0 bridgehead atoms. The van der Waals surface area contributed by atoms with Crippen LogP contribution >= 0.6 is 34.5 Å². The predicted octanol–water partition coefficient (Wildman–Crippen LogP) is 4.19. The highest BCUT2D eigenvalue weighted by molar-refractivity contribution is 7.23. The minimum atomic E-state index is -0.246. The maximum absolute atomic E-state index is 12.6. The van der Waals surface area contributed by atoms with Gasteiger partial charge in [-0.2, -0.15) is 0 Å². The molecule has 1 aliphatic carbocycles. The van der Waals surface area contributed by atoms with Crippen molar-refractivity contribution in [2.75, 3.05) is 0 Å². The fourth-order valence-corrected chi connectivity index (χ4v) is 4.62. The molecule has 0 radical (unpaired) electrons. The quantitative estimate of drug-likeness (QED) is 0.678. The topological polar surface area (TPSA) is 60.0 Å². The molecule has 7 heteroatoms. The Morgan fingerprint density at radius 1 is 1.30 bits per heavy atom. The van der Waals surface area contributed by atoms with Gasteiger partial charge < -0.3 is 11.1 Å². The molecule has 4 nitrogen and oxygen atoms in total. The predicted molar refractivity (Wildman–Crippen MR) is 94.6 cm³/mol. The van der Waals surface area contributed by atoms with Gasteiger partial charge >= 0.3 is 6.03 Å². The Labute approximate surface area is 146 Å². The van der Waals surface area contributed by atoms with Gasteiger partial charge in [-0.25, -0.2) is 4.79 Å². The molecule has 2 aromatic heterocycles. The highest BCUT2D eigenvalue weighted by atomic mass is 35.5. The van der Waals surface area contributed by atoms with E-state index in [0.717, 1.165) is 16.7 Å². The molecule has 3 N–H and O–H groups in total. The fraction of sp³-hybridized carbons (Fsp3) is 0.188. The molecule has 4 rings (SSSR count). The molecule has 3 aromatic rings. The van der Waals surface area contributed by atoms with Gasteiger partial charge in [0.15, 0.2) is 0 Å². The van der Waals surface area contributed by atoms with E-state index in [4.69, 9.17) is 28.9 Å². The van der Waals surface area contributed by atoms with E-state index < -0.39 is 0 Å². The van der Waals surface area contributed by atoms with E-state index in [1.807, 2.05) is 30.3 Å². The van der Waals surface area contributed by atoms with Crippen molar-refractivity contribution in [2.45, 2.75) is 18.5 Å². The standard InChI is InChI=1S/C16H13Cl2N3OS/c17-12-14-11(23-15(12)18)5-6-21(14)16(22)20-10-7-8-3-1-2-4-9(8)13(10)19/h1-6,10,13H,7,19H2,(H,20,22)/t10-,13-/m0/s1. The largest absolute Gasteiger partial charge is 0.332 e. The lowest BCUT2D eigenvalue weighted by Gasteiger charge is -2.18. The monoisotopic (exact) mass is 365 g/mol. The second-order valence-electron chi connectivity index (χ2n) is 5.57. The zero-order valence-electron chi connectivity index (χ0n) is 11.9. The normalized spacial score (nSPS) is 20.0. The van der Waals surface area contributed by atoms with Crippen molar-refractivity contribution in [3.05, 3.63) is 57.0 Å². The molecule has 2 heterocycles. The number of hydrogen-bond acceptors (Lipinski definition) is 3. The van der Waals surface area contributed by atoms with Crippen LogP contribution in [0.1, 0.15) is 17.2 Å². The van der Waals surface area contributed by atoms with E-state index in [9.17, 15) is 4.79 Å². The first kappa shape index (κ1) is 15.0. The first-order chi connectivity index (χ1) is 11.1. The second-order valence-corrected chi connectivity index (χ2v) is 7.61. The Balaban J connectivity index is 1.61. The highest BCUT2D eigenvalue weighted by Crippen LogP contribution is 2.39. The molecule has 0 aliphatic heterocycles. The summed E-state index contributed by atoms with van der Waals surface area (Å²) in [6, 6.07) is 9.25. The first-order valence-electron chi connectivity index (χ1n) is 7.15.